The monoisotopic (exact) mass is 467 g/mol. The van der Waals surface area contributed by atoms with Gasteiger partial charge in [0.1, 0.15) is 10.8 Å². The summed E-state index contributed by atoms with van der Waals surface area (Å²) in [5, 5.41) is 17.5. The molecule has 0 spiro atoms. The van der Waals surface area contributed by atoms with E-state index >= 15 is 0 Å². The van der Waals surface area contributed by atoms with Crippen LogP contribution in [0.25, 0.3) is 32.1 Å². The Morgan fingerprint density at radius 3 is 2.56 bits per heavy atom. The molecule has 0 unspecified atom stereocenters. The van der Waals surface area contributed by atoms with Gasteiger partial charge in [0.15, 0.2) is 0 Å². The Balaban J connectivity index is 1.18. The summed E-state index contributed by atoms with van der Waals surface area (Å²) in [6, 6.07) is 26.6. The molecule has 5 rings (SSSR count). The number of carbonyl (C=O) groups excluding carboxylic acids is 2. The number of phenols is 1. The third-order valence-electron chi connectivity index (χ3n) is 5.44. The maximum Gasteiger partial charge on any atom is 0.243 e. The van der Waals surface area contributed by atoms with Gasteiger partial charge in [-0.3, -0.25) is 9.59 Å². The third-order valence-corrected chi connectivity index (χ3v) is 6.46. The first-order valence-corrected chi connectivity index (χ1v) is 11.6. The van der Waals surface area contributed by atoms with Crippen LogP contribution in [0.3, 0.4) is 0 Å². The number of benzene rings is 4. The van der Waals surface area contributed by atoms with Crippen LogP contribution in [-0.2, 0) is 16.0 Å². The number of carbonyl (C=O) groups is 2. The lowest BCUT2D eigenvalue weighted by atomic mass is 10.1. The van der Waals surface area contributed by atoms with Gasteiger partial charge in [-0.2, -0.15) is 0 Å². The zero-order valence-corrected chi connectivity index (χ0v) is 18.9. The van der Waals surface area contributed by atoms with Gasteiger partial charge in [0.05, 0.1) is 23.2 Å². The van der Waals surface area contributed by atoms with Crippen molar-refractivity contribution < 1.29 is 14.7 Å². The van der Waals surface area contributed by atoms with Crippen molar-refractivity contribution >= 4 is 49.8 Å². The predicted octanol–water partition coefficient (Wildman–Crippen LogP) is 5.12. The molecule has 6 nitrogen and oxygen atoms in total. The smallest absolute Gasteiger partial charge is 0.243 e. The van der Waals surface area contributed by atoms with Gasteiger partial charge in [-0.15, -0.1) is 11.3 Å². The third kappa shape index (κ3) is 4.74. The number of aromatic nitrogens is 1. The molecular weight excluding hydrogens is 446 g/mol. The van der Waals surface area contributed by atoms with Crippen molar-refractivity contribution in [2.75, 3.05) is 11.9 Å². The van der Waals surface area contributed by atoms with E-state index in [1.54, 1.807) is 30.3 Å². The summed E-state index contributed by atoms with van der Waals surface area (Å²) in [6.45, 7) is -0.139. The molecule has 0 aliphatic rings. The summed E-state index contributed by atoms with van der Waals surface area (Å²) < 4.78 is 1.02. The van der Waals surface area contributed by atoms with Crippen molar-refractivity contribution in [3.63, 3.8) is 0 Å². The molecule has 0 atom stereocenters. The van der Waals surface area contributed by atoms with E-state index in [-0.39, 0.29) is 30.5 Å². The van der Waals surface area contributed by atoms with E-state index in [1.165, 1.54) is 11.3 Å². The summed E-state index contributed by atoms with van der Waals surface area (Å²) in [7, 11) is 0. The fourth-order valence-electron chi connectivity index (χ4n) is 3.79. The van der Waals surface area contributed by atoms with Crippen LogP contribution in [0.4, 0.5) is 5.69 Å². The minimum absolute atomic E-state index is 0.114. The molecule has 0 saturated carbocycles. The average molecular weight is 468 g/mol. The second-order valence-electron chi connectivity index (χ2n) is 7.87. The lowest BCUT2D eigenvalue weighted by Gasteiger charge is -2.08. The molecule has 0 saturated heterocycles. The largest absolute Gasteiger partial charge is 0.507 e. The van der Waals surface area contributed by atoms with Crippen LogP contribution in [0.5, 0.6) is 5.75 Å². The molecule has 168 valence electrons. The molecule has 0 aliphatic heterocycles. The van der Waals surface area contributed by atoms with Gasteiger partial charge < -0.3 is 15.7 Å². The van der Waals surface area contributed by atoms with Crippen molar-refractivity contribution in [2.45, 2.75) is 6.42 Å². The predicted molar refractivity (Wildman–Crippen MR) is 136 cm³/mol. The molecule has 7 heteroatoms. The highest BCUT2D eigenvalue weighted by Crippen LogP contribution is 2.29. The number of anilines is 1. The van der Waals surface area contributed by atoms with Crippen molar-refractivity contribution in [1.82, 2.24) is 10.3 Å². The first-order chi connectivity index (χ1) is 16.5. The number of nitrogens with one attached hydrogen (secondary N) is 2. The molecule has 0 radical (unpaired) electrons. The average Bonchev–Trinajstić information content (AvgIpc) is 3.25. The first-order valence-electron chi connectivity index (χ1n) is 10.8. The molecular formula is C27H21N3O3S. The van der Waals surface area contributed by atoms with Gasteiger partial charge in [0, 0.05) is 11.1 Å². The number of aromatic hydroxyl groups is 1. The molecule has 1 heterocycles. The Bertz CT molecular complexity index is 1510. The molecule has 0 bridgehead atoms. The summed E-state index contributed by atoms with van der Waals surface area (Å²) >= 11 is 1.48. The SMILES string of the molecule is O=C(Cc1nc2ccc(-c3ccccc3)cc2s1)NCC(=O)Nc1ccc2c(O)cccc2c1. The van der Waals surface area contributed by atoms with E-state index in [1.807, 2.05) is 36.4 Å². The van der Waals surface area contributed by atoms with E-state index in [4.69, 9.17) is 0 Å². The van der Waals surface area contributed by atoms with Gasteiger partial charge >= 0.3 is 0 Å². The van der Waals surface area contributed by atoms with Crippen LogP contribution in [0.2, 0.25) is 0 Å². The van der Waals surface area contributed by atoms with Gasteiger partial charge in [0.25, 0.3) is 0 Å². The number of thiazole rings is 1. The van der Waals surface area contributed by atoms with E-state index in [0.717, 1.165) is 26.7 Å². The Kier molecular flexibility index (Phi) is 5.93. The van der Waals surface area contributed by atoms with E-state index < -0.39 is 0 Å². The normalized spacial score (nSPS) is 10.9. The number of hydrogen-bond acceptors (Lipinski definition) is 5. The minimum Gasteiger partial charge on any atom is -0.507 e. The first kappa shape index (κ1) is 21.6. The highest BCUT2D eigenvalue weighted by Gasteiger charge is 2.12. The summed E-state index contributed by atoms with van der Waals surface area (Å²) in [4.78, 5) is 29.2. The summed E-state index contributed by atoms with van der Waals surface area (Å²) in [5.74, 6) is -0.403. The highest BCUT2D eigenvalue weighted by molar-refractivity contribution is 7.18. The van der Waals surface area contributed by atoms with Gasteiger partial charge in [0.2, 0.25) is 11.8 Å². The Labute approximate surface area is 199 Å². The number of phenolic OH excluding ortho intramolecular Hbond substituents is 1. The van der Waals surface area contributed by atoms with Gasteiger partial charge in [-0.25, -0.2) is 4.98 Å². The minimum atomic E-state index is -0.329. The van der Waals surface area contributed by atoms with Crippen molar-refractivity contribution in [3.8, 4) is 16.9 Å². The summed E-state index contributed by atoms with van der Waals surface area (Å²) in [5.41, 5.74) is 3.69. The van der Waals surface area contributed by atoms with Crippen molar-refractivity contribution in [1.29, 1.82) is 0 Å². The molecule has 34 heavy (non-hydrogen) atoms. The van der Waals surface area contributed by atoms with Crippen LogP contribution >= 0.6 is 11.3 Å². The lowest BCUT2D eigenvalue weighted by molar-refractivity contribution is -0.123. The number of amides is 2. The summed E-state index contributed by atoms with van der Waals surface area (Å²) in [6.07, 6.45) is 0.114. The van der Waals surface area contributed by atoms with Crippen LogP contribution < -0.4 is 10.6 Å². The molecule has 3 N–H and O–H groups in total. The highest BCUT2D eigenvalue weighted by atomic mass is 32.1. The lowest BCUT2D eigenvalue weighted by Crippen LogP contribution is -2.33. The number of hydrogen-bond donors (Lipinski definition) is 3. The molecule has 4 aromatic carbocycles. The quantitative estimate of drug-likeness (QED) is 0.323. The molecule has 1 aromatic heterocycles. The molecule has 0 fully saturated rings. The van der Waals surface area contributed by atoms with Crippen LogP contribution in [0.15, 0.2) is 84.9 Å². The van der Waals surface area contributed by atoms with Crippen LogP contribution in [0.1, 0.15) is 5.01 Å². The second kappa shape index (κ2) is 9.33. The van der Waals surface area contributed by atoms with E-state index in [9.17, 15) is 14.7 Å². The number of rotatable bonds is 6. The molecule has 5 aromatic rings. The second-order valence-corrected chi connectivity index (χ2v) is 8.99. The fraction of sp³-hybridized carbons (Fsp3) is 0.0741. The molecule has 0 aliphatic carbocycles. The number of nitrogens with zero attached hydrogens (tertiary/aromatic N) is 1. The van der Waals surface area contributed by atoms with Crippen LogP contribution in [0, 0.1) is 0 Å². The van der Waals surface area contributed by atoms with E-state index in [2.05, 4.69) is 33.8 Å². The van der Waals surface area contributed by atoms with E-state index in [0.29, 0.717) is 16.1 Å². The van der Waals surface area contributed by atoms with Crippen LogP contribution in [-0.4, -0.2) is 28.4 Å². The van der Waals surface area contributed by atoms with Crippen molar-refractivity contribution in [3.05, 3.63) is 89.9 Å². The maximum absolute atomic E-state index is 12.4. The maximum atomic E-state index is 12.4. The molecule has 2 amide bonds. The topological polar surface area (TPSA) is 91.3 Å². The zero-order chi connectivity index (χ0) is 23.5. The standard InChI is InChI=1S/C27H21N3O3S/c31-23-8-4-7-19-13-20(10-11-21(19)23)29-26(33)16-28-25(32)15-27-30-22-12-9-18(14-24(22)34-27)17-5-2-1-3-6-17/h1-14,31H,15-16H2,(H,28,32)(H,29,33). The Hall–Kier alpha value is -4.23. The zero-order valence-electron chi connectivity index (χ0n) is 18.1. The van der Waals surface area contributed by atoms with Gasteiger partial charge in [-0.05, 0) is 52.9 Å². The van der Waals surface area contributed by atoms with Gasteiger partial charge in [-0.1, -0.05) is 48.5 Å². The fourth-order valence-corrected chi connectivity index (χ4v) is 4.79. The Morgan fingerprint density at radius 1 is 0.853 bits per heavy atom. The Morgan fingerprint density at radius 2 is 1.71 bits per heavy atom. The van der Waals surface area contributed by atoms with Crippen molar-refractivity contribution in [2.24, 2.45) is 0 Å². The number of fused-ring (bicyclic) bond motifs is 2.